The fraction of sp³-hybridized carbons (Fsp3) is 0.0400. The molecule has 0 heterocycles. The van der Waals surface area contributed by atoms with Crippen molar-refractivity contribution in [3.63, 3.8) is 0 Å². The molecule has 4 aromatic carbocycles. The molecule has 1 heteroatoms. The highest BCUT2D eigenvalue weighted by atomic mass is 79.9. The predicted octanol–water partition coefficient (Wildman–Crippen LogP) is 7.58. The van der Waals surface area contributed by atoms with Gasteiger partial charge in [-0.3, -0.25) is 0 Å². The summed E-state index contributed by atoms with van der Waals surface area (Å²) < 4.78 is 0. The molecular formula is C25H19Br. The fourth-order valence-electron chi connectivity index (χ4n) is 3.39. The molecule has 126 valence electrons. The van der Waals surface area contributed by atoms with E-state index >= 15 is 0 Å². The number of benzene rings is 4. The minimum Gasteiger partial charge on any atom is -0.0876 e. The molecule has 0 aromatic heterocycles. The Kier molecular flexibility index (Phi) is 4.99. The third-order valence-electron chi connectivity index (χ3n) is 4.58. The first-order chi connectivity index (χ1) is 12.9. The molecule has 4 rings (SSSR count). The molecule has 0 radical (unpaired) electrons. The van der Waals surface area contributed by atoms with Crippen LogP contribution < -0.4 is 0 Å². The number of hydrogen-bond donors (Lipinski definition) is 0. The van der Waals surface area contributed by atoms with E-state index in [1.807, 2.05) is 0 Å². The highest BCUT2D eigenvalue weighted by Gasteiger charge is 2.15. The molecule has 0 nitrogen and oxygen atoms in total. The second-order valence-electron chi connectivity index (χ2n) is 6.30. The number of alkyl halides is 1. The molecule has 0 aliphatic carbocycles. The molecule has 0 aliphatic rings. The molecule has 0 atom stereocenters. The predicted molar refractivity (Wildman–Crippen MR) is 115 cm³/mol. The Morgan fingerprint density at radius 2 is 0.885 bits per heavy atom. The Balaban J connectivity index is 2.07. The maximum absolute atomic E-state index is 3.65. The highest BCUT2D eigenvalue weighted by Crippen LogP contribution is 2.41. The zero-order valence-corrected chi connectivity index (χ0v) is 16.0. The van der Waals surface area contributed by atoms with Crippen molar-refractivity contribution >= 4 is 15.9 Å². The topological polar surface area (TPSA) is 0 Å². The van der Waals surface area contributed by atoms with E-state index in [0.717, 1.165) is 5.33 Å². The van der Waals surface area contributed by atoms with E-state index in [1.165, 1.54) is 38.9 Å². The van der Waals surface area contributed by atoms with E-state index in [1.54, 1.807) is 0 Å². The van der Waals surface area contributed by atoms with Crippen molar-refractivity contribution in [2.45, 2.75) is 5.33 Å². The van der Waals surface area contributed by atoms with Gasteiger partial charge in [0.1, 0.15) is 0 Å². The third-order valence-corrected chi connectivity index (χ3v) is 5.23. The van der Waals surface area contributed by atoms with Gasteiger partial charge in [-0.1, -0.05) is 107 Å². The van der Waals surface area contributed by atoms with Crippen LogP contribution in [0.2, 0.25) is 0 Å². The Bertz CT molecular complexity index is 929. The van der Waals surface area contributed by atoms with Gasteiger partial charge in [-0.2, -0.15) is 0 Å². The van der Waals surface area contributed by atoms with Crippen molar-refractivity contribution in [2.75, 3.05) is 0 Å². The van der Waals surface area contributed by atoms with Gasteiger partial charge in [0.05, 0.1) is 0 Å². The van der Waals surface area contributed by atoms with Gasteiger partial charge in [0.25, 0.3) is 0 Å². The van der Waals surface area contributed by atoms with Gasteiger partial charge in [-0.05, 0) is 51.1 Å². The zero-order valence-electron chi connectivity index (χ0n) is 14.4. The quantitative estimate of drug-likeness (QED) is 0.310. The van der Waals surface area contributed by atoms with Crippen LogP contribution >= 0.6 is 15.9 Å². The normalized spacial score (nSPS) is 10.7. The van der Waals surface area contributed by atoms with Crippen LogP contribution in [0.4, 0.5) is 0 Å². The molecule has 0 N–H and O–H groups in total. The van der Waals surface area contributed by atoms with Gasteiger partial charge >= 0.3 is 0 Å². The average molecular weight is 399 g/mol. The van der Waals surface area contributed by atoms with Crippen LogP contribution in [0.1, 0.15) is 5.56 Å². The summed E-state index contributed by atoms with van der Waals surface area (Å²) in [5.74, 6) is 0. The summed E-state index contributed by atoms with van der Waals surface area (Å²) in [5, 5.41) is 0.835. The van der Waals surface area contributed by atoms with Crippen molar-refractivity contribution in [3.8, 4) is 33.4 Å². The van der Waals surface area contributed by atoms with E-state index < -0.39 is 0 Å². The van der Waals surface area contributed by atoms with Crippen molar-refractivity contribution in [1.82, 2.24) is 0 Å². The second kappa shape index (κ2) is 7.72. The van der Waals surface area contributed by atoms with E-state index in [-0.39, 0.29) is 0 Å². The van der Waals surface area contributed by atoms with Crippen molar-refractivity contribution in [2.24, 2.45) is 0 Å². The lowest BCUT2D eigenvalue weighted by Crippen LogP contribution is -1.93. The first-order valence-electron chi connectivity index (χ1n) is 8.76. The molecule has 0 spiro atoms. The van der Waals surface area contributed by atoms with Gasteiger partial charge in [-0.15, -0.1) is 0 Å². The Morgan fingerprint density at radius 3 is 1.27 bits per heavy atom. The van der Waals surface area contributed by atoms with Crippen molar-refractivity contribution in [3.05, 3.63) is 109 Å². The molecule has 26 heavy (non-hydrogen) atoms. The summed E-state index contributed by atoms with van der Waals surface area (Å²) in [5.41, 5.74) is 8.83. The van der Waals surface area contributed by atoms with Gasteiger partial charge in [-0.25, -0.2) is 0 Å². The van der Waals surface area contributed by atoms with Crippen LogP contribution in [0.25, 0.3) is 33.4 Å². The van der Waals surface area contributed by atoms with E-state index in [0.29, 0.717) is 0 Å². The first-order valence-corrected chi connectivity index (χ1v) is 9.88. The summed E-state index contributed by atoms with van der Waals surface area (Å²) in [7, 11) is 0. The summed E-state index contributed by atoms with van der Waals surface area (Å²) >= 11 is 3.65. The zero-order chi connectivity index (χ0) is 17.8. The number of hydrogen-bond acceptors (Lipinski definition) is 0. The van der Waals surface area contributed by atoms with Gasteiger partial charge in [0.2, 0.25) is 0 Å². The largest absolute Gasteiger partial charge is 0.0876 e. The van der Waals surface area contributed by atoms with Gasteiger partial charge in [0, 0.05) is 5.33 Å². The number of rotatable bonds is 4. The van der Waals surface area contributed by atoms with Crippen LogP contribution in [-0.2, 0) is 5.33 Å². The summed E-state index contributed by atoms with van der Waals surface area (Å²) in [4.78, 5) is 0. The van der Waals surface area contributed by atoms with Crippen LogP contribution in [0.15, 0.2) is 103 Å². The van der Waals surface area contributed by atoms with E-state index in [4.69, 9.17) is 0 Å². The Labute approximate surface area is 163 Å². The SMILES string of the molecule is BrCc1cc(-c2ccccc2)c(-c2ccccc2)c(-c2ccccc2)c1. The maximum Gasteiger partial charge on any atom is 0.0283 e. The lowest BCUT2D eigenvalue weighted by Gasteiger charge is -2.18. The monoisotopic (exact) mass is 398 g/mol. The summed E-state index contributed by atoms with van der Waals surface area (Å²) in [6.45, 7) is 0. The molecule has 4 aromatic rings. The Morgan fingerprint density at radius 1 is 0.500 bits per heavy atom. The molecule has 0 saturated heterocycles. The molecule has 0 fully saturated rings. The number of halogens is 1. The van der Waals surface area contributed by atoms with E-state index in [9.17, 15) is 0 Å². The third kappa shape index (κ3) is 3.36. The van der Waals surface area contributed by atoms with Crippen molar-refractivity contribution < 1.29 is 0 Å². The molecule has 0 bridgehead atoms. The summed E-state index contributed by atoms with van der Waals surface area (Å²) in [6.07, 6.45) is 0. The molecule has 0 saturated carbocycles. The Hall–Kier alpha value is -2.64. The molecule has 0 aliphatic heterocycles. The smallest absolute Gasteiger partial charge is 0.0283 e. The van der Waals surface area contributed by atoms with Gasteiger partial charge < -0.3 is 0 Å². The van der Waals surface area contributed by atoms with Gasteiger partial charge in [0.15, 0.2) is 0 Å². The van der Waals surface area contributed by atoms with Crippen LogP contribution in [0.5, 0.6) is 0 Å². The second-order valence-corrected chi connectivity index (χ2v) is 6.86. The molecule has 0 amide bonds. The maximum atomic E-state index is 3.65. The minimum absolute atomic E-state index is 0.835. The van der Waals surface area contributed by atoms with E-state index in [2.05, 4.69) is 119 Å². The van der Waals surface area contributed by atoms with Crippen LogP contribution in [0.3, 0.4) is 0 Å². The highest BCUT2D eigenvalue weighted by molar-refractivity contribution is 9.08. The minimum atomic E-state index is 0.835. The lowest BCUT2D eigenvalue weighted by molar-refractivity contribution is 1.42. The first kappa shape index (κ1) is 16.8. The van der Waals surface area contributed by atoms with Crippen LogP contribution in [0, 0.1) is 0 Å². The average Bonchev–Trinajstić information content (AvgIpc) is 2.74. The lowest BCUT2D eigenvalue weighted by atomic mass is 9.86. The molecular weight excluding hydrogens is 380 g/mol. The summed E-state index contributed by atoms with van der Waals surface area (Å²) in [6, 6.07) is 36.6. The van der Waals surface area contributed by atoms with Crippen molar-refractivity contribution in [1.29, 1.82) is 0 Å². The standard InChI is InChI=1S/C25H19Br/c26-18-19-16-23(20-10-4-1-5-11-20)25(22-14-8-3-9-15-22)24(17-19)21-12-6-2-7-13-21/h1-17H,18H2. The van der Waals surface area contributed by atoms with Crippen LogP contribution in [-0.4, -0.2) is 0 Å². The molecule has 0 unspecified atom stereocenters. The fourth-order valence-corrected chi connectivity index (χ4v) is 3.71.